The molecule has 3 heteroatoms. The molecule has 0 unspecified atom stereocenters. The second-order valence-electron chi connectivity index (χ2n) is 1.35. The third kappa shape index (κ3) is 20.0. The fraction of sp³-hybridized carbons (Fsp3) is 1.00. The van der Waals surface area contributed by atoms with Crippen LogP contribution in [0.4, 0.5) is 0 Å². The second kappa shape index (κ2) is 15.8. The quantitative estimate of drug-likeness (QED) is 0.542. The van der Waals surface area contributed by atoms with Gasteiger partial charge in [-0.1, -0.05) is 25.9 Å². The van der Waals surface area contributed by atoms with Crippen LogP contribution in [0.2, 0.25) is 12.1 Å². The largest absolute Gasteiger partial charge is 0.147 e. The summed E-state index contributed by atoms with van der Waals surface area (Å²) in [6.45, 7) is 4.55. The predicted octanol–water partition coefficient (Wildman–Crippen LogP) is 1.88. The Balaban J connectivity index is -0.0000000800. The zero-order valence-corrected chi connectivity index (χ0v) is 7.99. The fourth-order valence-electron chi connectivity index (χ4n) is 0.354. The summed E-state index contributed by atoms with van der Waals surface area (Å²) in [4.78, 5) is 0. The van der Waals surface area contributed by atoms with Gasteiger partial charge in [0.25, 0.3) is 0 Å². The smallest absolute Gasteiger partial charge is 0.0192 e. The summed E-state index contributed by atoms with van der Waals surface area (Å²) in [6.07, 6.45) is 0. The summed E-state index contributed by atoms with van der Waals surface area (Å²) in [7, 11) is 0.432. The van der Waals surface area contributed by atoms with E-state index in [1.54, 1.807) is 0 Å². The highest BCUT2D eigenvalue weighted by molar-refractivity contribution is 6.34. The average Bonchev–Trinajstić information content (AvgIpc) is 1.41. The third-order valence-corrected chi connectivity index (χ3v) is 2.12. The summed E-state index contributed by atoms with van der Waals surface area (Å²) in [5.74, 6) is 0. The number of hydrogen-bond acceptors (Lipinski definition) is 0. The Hall–Kier alpha value is 0.797. The molecule has 7 heavy (non-hydrogen) atoms. The molecular formula is C4H14Cl2Si. The molecule has 0 saturated carbocycles. The van der Waals surface area contributed by atoms with Crippen LogP contribution in [0.15, 0.2) is 0 Å². The Labute approximate surface area is 60.7 Å². The minimum absolute atomic E-state index is 0. The van der Waals surface area contributed by atoms with E-state index in [0.29, 0.717) is 9.52 Å². The first-order chi connectivity index (χ1) is 2.41. The molecule has 0 amide bonds. The normalized spacial score (nSPS) is 6.00. The van der Waals surface area contributed by atoms with Gasteiger partial charge in [-0.25, -0.2) is 0 Å². The highest BCUT2D eigenvalue weighted by Crippen LogP contribution is 1.77. The molecule has 0 aliphatic heterocycles. The van der Waals surface area contributed by atoms with Gasteiger partial charge in [0.2, 0.25) is 0 Å². The lowest BCUT2D eigenvalue weighted by Gasteiger charge is -1.77. The van der Waals surface area contributed by atoms with Gasteiger partial charge in [0.1, 0.15) is 0 Å². The van der Waals surface area contributed by atoms with E-state index in [0.717, 1.165) is 0 Å². The molecular weight excluding hydrogens is 147 g/mol. The lowest BCUT2D eigenvalue weighted by Crippen LogP contribution is -1.76. The zero-order chi connectivity index (χ0) is 4.12. The van der Waals surface area contributed by atoms with Crippen LogP contribution >= 0.6 is 24.8 Å². The summed E-state index contributed by atoms with van der Waals surface area (Å²) >= 11 is 0. The SMILES string of the molecule is CC[SiH2]CC.Cl.Cl. The second-order valence-corrected chi connectivity index (χ2v) is 4.06. The maximum absolute atomic E-state index is 2.27. The van der Waals surface area contributed by atoms with Crippen LogP contribution in [0.25, 0.3) is 0 Å². The Morgan fingerprint density at radius 1 is 1.00 bits per heavy atom. The summed E-state index contributed by atoms with van der Waals surface area (Å²) in [6, 6.07) is 2.97. The first-order valence-corrected chi connectivity index (χ1v) is 4.41. The van der Waals surface area contributed by atoms with E-state index in [9.17, 15) is 0 Å². The molecule has 0 N–H and O–H groups in total. The van der Waals surface area contributed by atoms with Gasteiger partial charge in [0, 0.05) is 9.52 Å². The molecule has 0 radical (unpaired) electrons. The molecule has 0 bridgehead atoms. The standard InChI is InChI=1S/C4H12Si.2ClH/c1-3-5-4-2;;/h3-5H2,1-2H3;2*1H. The van der Waals surface area contributed by atoms with E-state index in [-0.39, 0.29) is 24.8 Å². The van der Waals surface area contributed by atoms with Crippen molar-refractivity contribution in [3.05, 3.63) is 0 Å². The van der Waals surface area contributed by atoms with Crippen LogP contribution in [0, 0.1) is 0 Å². The van der Waals surface area contributed by atoms with Crippen molar-refractivity contribution < 1.29 is 0 Å². The van der Waals surface area contributed by atoms with Crippen molar-refractivity contribution in [1.29, 1.82) is 0 Å². The van der Waals surface area contributed by atoms with Crippen molar-refractivity contribution >= 4 is 34.3 Å². The molecule has 0 heterocycles. The lowest BCUT2D eigenvalue weighted by molar-refractivity contribution is 1.36. The van der Waals surface area contributed by atoms with Crippen molar-refractivity contribution in [3.8, 4) is 0 Å². The van der Waals surface area contributed by atoms with E-state index in [1.807, 2.05) is 0 Å². The molecule has 0 spiro atoms. The van der Waals surface area contributed by atoms with Gasteiger partial charge < -0.3 is 0 Å². The minimum Gasteiger partial charge on any atom is -0.147 e. The molecule has 0 rings (SSSR count). The van der Waals surface area contributed by atoms with Crippen molar-refractivity contribution in [1.82, 2.24) is 0 Å². The Morgan fingerprint density at radius 3 is 1.29 bits per heavy atom. The molecule has 0 nitrogen and oxygen atoms in total. The van der Waals surface area contributed by atoms with Gasteiger partial charge in [-0.3, -0.25) is 0 Å². The average molecular weight is 161 g/mol. The molecule has 0 saturated heterocycles. The first-order valence-electron chi connectivity index (χ1n) is 2.41. The Morgan fingerprint density at radius 2 is 1.29 bits per heavy atom. The topological polar surface area (TPSA) is 0 Å². The van der Waals surface area contributed by atoms with Crippen LogP contribution < -0.4 is 0 Å². The Kier molecular flexibility index (Phi) is 35.4. The van der Waals surface area contributed by atoms with Crippen LogP contribution in [0.3, 0.4) is 0 Å². The number of halogens is 2. The highest BCUT2D eigenvalue weighted by Gasteiger charge is 1.70. The molecule has 0 atom stereocenters. The predicted molar refractivity (Wildman–Crippen MR) is 44.0 cm³/mol. The molecule has 0 aromatic heterocycles. The minimum atomic E-state index is 0. The van der Waals surface area contributed by atoms with Gasteiger partial charge in [-0.05, 0) is 0 Å². The fourth-order valence-corrected chi connectivity index (χ4v) is 1.06. The lowest BCUT2D eigenvalue weighted by atomic mass is 11.0. The maximum atomic E-state index is 2.27. The van der Waals surface area contributed by atoms with Crippen molar-refractivity contribution in [2.75, 3.05) is 0 Å². The zero-order valence-electron chi connectivity index (χ0n) is 4.94. The molecule has 0 aromatic carbocycles. The van der Waals surface area contributed by atoms with Crippen molar-refractivity contribution in [2.24, 2.45) is 0 Å². The van der Waals surface area contributed by atoms with E-state index >= 15 is 0 Å². The van der Waals surface area contributed by atoms with E-state index in [4.69, 9.17) is 0 Å². The number of hydrogen-bond donors (Lipinski definition) is 0. The van der Waals surface area contributed by atoms with Gasteiger partial charge in [0.05, 0.1) is 0 Å². The third-order valence-electron chi connectivity index (χ3n) is 0.707. The maximum Gasteiger partial charge on any atom is 0.0192 e. The Bertz CT molecular complexity index is 17.2. The van der Waals surface area contributed by atoms with E-state index in [1.165, 1.54) is 12.1 Å². The monoisotopic (exact) mass is 160 g/mol. The van der Waals surface area contributed by atoms with Crippen LogP contribution in [-0.2, 0) is 0 Å². The van der Waals surface area contributed by atoms with Gasteiger partial charge >= 0.3 is 0 Å². The van der Waals surface area contributed by atoms with Crippen molar-refractivity contribution in [3.63, 3.8) is 0 Å². The van der Waals surface area contributed by atoms with Crippen molar-refractivity contribution in [2.45, 2.75) is 25.9 Å². The summed E-state index contributed by atoms with van der Waals surface area (Å²) < 4.78 is 0. The van der Waals surface area contributed by atoms with E-state index in [2.05, 4.69) is 13.8 Å². The molecule has 0 fully saturated rings. The van der Waals surface area contributed by atoms with Crippen LogP contribution in [0.1, 0.15) is 13.8 Å². The highest BCUT2D eigenvalue weighted by atomic mass is 35.5. The first kappa shape index (κ1) is 15.7. The summed E-state index contributed by atoms with van der Waals surface area (Å²) in [5, 5.41) is 0. The van der Waals surface area contributed by atoms with Crippen LogP contribution in [-0.4, -0.2) is 9.52 Å². The molecule has 0 aromatic rings. The van der Waals surface area contributed by atoms with Gasteiger partial charge in [-0.15, -0.1) is 24.8 Å². The molecule has 48 valence electrons. The summed E-state index contributed by atoms with van der Waals surface area (Å²) in [5.41, 5.74) is 0. The van der Waals surface area contributed by atoms with Crippen LogP contribution in [0.5, 0.6) is 0 Å². The molecule has 0 aliphatic carbocycles. The van der Waals surface area contributed by atoms with Gasteiger partial charge in [0.15, 0.2) is 0 Å². The van der Waals surface area contributed by atoms with Gasteiger partial charge in [-0.2, -0.15) is 0 Å². The van der Waals surface area contributed by atoms with E-state index < -0.39 is 0 Å². The number of rotatable bonds is 2. The molecule has 0 aliphatic rings.